The summed E-state index contributed by atoms with van der Waals surface area (Å²) in [6.45, 7) is 0. The van der Waals surface area contributed by atoms with Crippen LogP contribution in [-0.4, -0.2) is 21.1 Å². The Bertz CT molecular complexity index is 753. The minimum atomic E-state index is -0.207. The number of hydrogen-bond acceptors (Lipinski definition) is 3. The number of fused-ring (bicyclic) bond motifs is 1. The second-order valence-corrected chi connectivity index (χ2v) is 4.76. The third-order valence-electron chi connectivity index (χ3n) is 2.69. The Kier molecular flexibility index (Phi) is 3.00. The van der Waals surface area contributed by atoms with Crippen LogP contribution in [0.2, 0.25) is 0 Å². The highest BCUT2D eigenvalue weighted by Gasteiger charge is 2.12. The summed E-state index contributed by atoms with van der Waals surface area (Å²) < 4.78 is 0.745. The lowest BCUT2D eigenvalue weighted by Gasteiger charge is -2.04. The van der Waals surface area contributed by atoms with E-state index in [0.29, 0.717) is 17.0 Å². The molecule has 0 bridgehead atoms. The van der Waals surface area contributed by atoms with Gasteiger partial charge in [0, 0.05) is 10.7 Å². The van der Waals surface area contributed by atoms with Gasteiger partial charge in [-0.1, -0.05) is 12.1 Å². The molecule has 0 fully saturated rings. The van der Waals surface area contributed by atoms with Crippen molar-refractivity contribution >= 4 is 38.7 Å². The Morgan fingerprint density at radius 1 is 1.21 bits per heavy atom. The fraction of sp³-hybridized carbons (Fsp3) is 0. The number of carbonyl (C=O) groups excluding carboxylic acids is 1. The molecule has 3 rings (SSSR count). The van der Waals surface area contributed by atoms with E-state index in [2.05, 4.69) is 36.4 Å². The first-order valence-electron chi connectivity index (χ1n) is 5.60. The fourth-order valence-corrected chi connectivity index (χ4v) is 2.24. The summed E-state index contributed by atoms with van der Waals surface area (Å²) in [5.41, 5.74) is 1.14. The number of pyridine rings is 1. The third kappa shape index (κ3) is 2.22. The van der Waals surface area contributed by atoms with Gasteiger partial charge in [-0.05, 0) is 40.2 Å². The SMILES string of the molecule is O=C(Nc1[nH]nc2ncccc12)c1ccccc1Br. The van der Waals surface area contributed by atoms with E-state index in [1.165, 1.54) is 0 Å². The maximum Gasteiger partial charge on any atom is 0.257 e. The van der Waals surface area contributed by atoms with Crippen molar-refractivity contribution in [2.75, 3.05) is 5.32 Å². The highest BCUT2D eigenvalue weighted by molar-refractivity contribution is 9.10. The Labute approximate surface area is 117 Å². The van der Waals surface area contributed by atoms with E-state index in [0.717, 1.165) is 9.86 Å². The Morgan fingerprint density at radius 2 is 2.05 bits per heavy atom. The molecule has 1 amide bonds. The van der Waals surface area contributed by atoms with Crippen LogP contribution in [0, 0.1) is 0 Å². The molecule has 2 heterocycles. The molecule has 0 atom stereocenters. The van der Waals surface area contributed by atoms with Crippen molar-refractivity contribution in [1.82, 2.24) is 15.2 Å². The molecule has 94 valence electrons. The Hall–Kier alpha value is -2.21. The van der Waals surface area contributed by atoms with Crippen LogP contribution >= 0.6 is 15.9 Å². The summed E-state index contributed by atoms with van der Waals surface area (Å²) in [6, 6.07) is 10.9. The van der Waals surface area contributed by atoms with Gasteiger partial charge in [-0.25, -0.2) is 4.98 Å². The molecule has 0 saturated heterocycles. The summed E-state index contributed by atoms with van der Waals surface area (Å²) in [5.74, 6) is 0.339. The van der Waals surface area contributed by atoms with Gasteiger partial charge in [0.2, 0.25) is 0 Å². The summed E-state index contributed by atoms with van der Waals surface area (Å²) in [6.07, 6.45) is 1.66. The van der Waals surface area contributed by atoms with Crippen molar-refractivity contribution in [1.29, 1.82) is 0 Å². The van der Waals surface area contributed by atoms with Gasteiger partial charge < -0.3 is 5.32 Å². The van der Waals surface area contributed by atoms with Crippen molar-refractivity contribution in [3.63, 3.8) is 0 Å². The molecule has 2 aromatic heterocycles. The van der Waals surface area contributed by atoms with E-state index in [9.17, 15) is 4.79 Å². The number of benzene rings is 1. The molecular weight excluding hydrogens is 308 g/mol. The number of rotatable bonds is 2. The van der Waals surface area contributed by atoms with Crippen LogP contribution in [0.25, 0.3) is 11.0 Å². The number of amides is 1. The largest absolute Gasteiger partial charge is 0.306 e. The molecule has 19 heavy (non-hydrogen) atoms. The normalized spacial score (nSPS) is 10.6. The lowest BCUT2D eigenvalue weighted by molar-refractivity contribution is 0.102. The molecule has 0 aliphatic heterocycles. The van der Waals surface area contributed by atoms with E-state index >= 15 is 0 Å². The second-order valence-electron chi connectivity index (χ2n) is 3.91. The van der Waals surface area contributed by atoms with Crippen LogP contribution in [0.5, 0.6) is 0 Å². The van der Waals surface area contributed by atoms with Gasteiger partial charge in [-0.15, -0.1) is 0 Å². The zero-order chi connectivity index (χ0) is 13.2. The first kappa shape index (κ1) is 11.9. The number of nitrogens with one attached hydrogen (secondary N) is 2. The minimum Gasteiger partial charge on any atom is -0.306 e. The van der Waals surface area contributed by atoms with E-state index in [1.54, 1.807) is 18.3 Å². The van der Waals surface area contributed by atoms with Gasteiger partial charge in [0.1, 0.15) is 5.82 Å². The van der Waals surface area contributed by atoms with Gasteiger partial charge >= 0.3 is 0 Å². The molecule has 0 spiro atoms. The number of aromatic amines is 1. The molecule has 1 aromatic carbocycles. The van der Waals surface area contributed by atoms with Crippen LogP contribution in [0.3, 0.4) is 0 Å². The number of anilines is 1. The maximum absolute atomic E-state index is 12.2. The Balaban J connectivity index is 1.94. The molecule has 3 aromatic rings. The number of hydrogen-bond donors (Lipinski definition) is 2. The molecule has 0 radical (unpaired) electrons. The number of nitrogens with zero attached hydrogens (tertiary/aromatic N) is 2. The van der Waals surface area contributed by atoms with Gasteiger partial charge in [0.15, 0.2) is 5.65 Å². The molecule has 0 aliphatic rings. The predicted molar refractivity (Wildman–Crippen MR) is 76.0 cm³/mol. The molecule has 0 unspecified atom stereocenters. The number of halogens is 1. The lowest BCUT2D eigenvalue weighted by atomic mass is 10.2. The van der Waals surface area contributed by atoms with Crippen molar-refractivity contribution in [3.05, 3.63) is 52.6 Å². The number of aromatic nitrogens is 3. The fourth-order valence-electron chi connectivity index (χ4n) is 1.77. The van der Waals surface area contributed by atoms with Gasteiger partial charge in [0.25, 0.3) is 5.91 Å². The molecule has 0 aliphatic carbocycles. The van der Waals surface area contributed by atoms with Crippen LogP contribution in [0.15, 0.2) is 47.1 Å². The summed E-state index contributed by atoms with van der Waals surface area (Å²) in [4.78, 5) is 16.3. The smallest absolute Gasteiger partial charge is 0.257 e. The first-order valence-corrected chi connectivity index (χ1v) is 6.40. The summed E-state index contributed by atoms with van der Waals surface area (Å²) >= 11 is 3.35. The standard InChI is InChI=1S/C13H9BrN4O/c14-10-6-2-1-4-8(10)13(19)16-12-9-5-3-7-15-11(9)17-18-12/h1-7H,(H2,15,16,17,18,19). The average Bonchev–Trinajstić information content (AvgIpc) is 2.83. The van der Waals surface area contributed by atoms with E-state index < -0.39 is 0 Å². The van der Waals surface area contributed by atoms with Gasteiger partial charge in [0.05, 0.1) is 10.9 Å². The van der Waals surface area contributed by atoms with Crippen molar-refractivity contribution < 1.29 is 4.79 Å². The number of H-pyrrole nitrogens is 1. The van der Waals surface area contributed by atoms with Crippen molar-refractivity contribution in [2.45, 2.75) is 0 Å². The molecule has 0 saturated carbocycles. The Morgan fingerprint density at radius 3 is 2.89 bits per heavy atom. The summed E-state index contributed by atoms with van der Waals surface area (Å²) in [7, 11) is 0. The maximum atomic E-state index is 12.2. The molecular formula is C13H9BrN4O. The highest BCUT2D eigenvalue weighted by Crippen LogP contribution is 2.21. The van der Waals surface area contributed by atoms with E-state index in [4.69, 9.17) is 0 Å². The zero-order valence-corrected chi connectivity index (χ0v) is 11.3. The third-order valence-corrected chi connectivity index (χ3v) is 3.38. The van der Waals surface area contributed by atoms with Crippen molar-refractivity contribution in [3.8, 4) is 0 Å². The predicted octanol–water partition coefficient (Wildman–Crippen LogP) is 2.97. The van der Waals surface area contributed by atoms with Crippen LogP contribution in [0.4, 0.5) is 5.82 Å². The van der Waals surface area contributed by atoms with Gasteiger partial charge in [-0.2, -0.15) is 5.10 Å². The zero-order valence-electron chi connectivity index (χ0n) is 9.72. The second kappa shape index (κ2) is 4.81. The van der Waals surface area contributed by atoms with Crippen LogP contribution < -0.4 is 5.32 Å². The first-order chi connectivity index (χ1) is 9.25. The monoisotopic (exact) mass is 316 g/mol. The number of carbonyl (C=O) groups is 1. The van der Waals surface area contributed by atoms with Gasteiger partial charge in [-0.3, -0.25) is 9.89 Å². The van der Waals surface area contributed by atoms with E-state index in [-0.39, 0.29) is 5.91 Å². The minimum absolute atomic E-state index is 0.207. The van der Waals surface area contributed by atoms with Crippen LogP contribution in [0.1, 0.15) is 10.4 Å². The van der Waals surface area contributed by atoms with Crippen molar-refractivity contribution in [2.24, 2.45) is 0 Å². The molecule has 5 nitrogen and oxygen atoms in total. The van der Waals surface area contributed by atoms with Crippen LogP contribution in [-0.2, 0) is 0 Å². The summed E-state index contributed by atoms with van der Waals surface area (Å²) in [5, 5.41) is 10.4. The average molecular weight is 317 g/mol. The lowest BCUT2D eigenvalue weighted by Crippen LogP contribution is -2.12. The van der Waals surface area contributed by atoms with E-state index in [1.807, 2.05) is 24.3 Å². The topological polar surface area (TPSA) is 70.7 Å². The highest BCUT2D eigenvalue weighted by atomic mass is 79.9. The quantitative estimate of drug-likeness (QED) is 0.763. The molecule has 2 N–H and O–H groups in total. The molecule has 6 heteroatoms.